The maximum atomic E-state index is 3.79. The highest BCUT2D eigenvalue weighted by atomic mass is 15.1. The van der Waals surface area contributed by atoms with Crippen LogP contribution in [0.4, 0.5) is 0 Å². The molecule has 2 saturated carbocycles. The molecule has 0 heterocycles. The number of hydrogen-bond acceptors (Lipinski definition) is 2. The van der Waals surface area contributed by atoms with E-state index < -0.39 is 0 Å². The van der Waals surface area contributed by atoms with Gasteiger partial charge in [0.2, 0.25) is 0 Å². The van der Waals surface area contributed by atoms with Crippen molar-refractivity contribution in [2.45, 2.75) is 84.2 Å². The van der Waals surface area contributed by atoms with Crippen LogP contribution in [-0.4, -0.2) is 36.6 Å². The van der Waals surface area contributed by atoms with E-state index >= 15 is 0 Å². The minimum absolute atomic E-state index is 0.241. The summed E-state index contributed by atoms with van der Waals surface area (Å²) in [5.74, 6) is 0.983. The van der Waals surface area contributed by atoms with E-state index in [2.05, 4.69) is 45.0 Å². The fraction of sp³-hybridized carbons (Fsp3) is 1.00. The van der Waals surface area contributed by atoms with Crippen LogP contribution < -0.4 is 5.32 Å². The number of rotatable bonds is 6. The topological polar surface area (TPSA) is 15.3 Å². The average Bonchev–Trinajstić information content (AvgIpc) is 3.20. The van der Waals surface area contributed by atoms with E-state index in [1.54, 1.807) is 0 Å². The Morgan fingerprint density at radius 1 is 1.15 bits per heavy atom. The first kappa shape index (κ1) is 16.3. The van der Waals surface area contributed by atoms with Gasteiger partial charge in [-0.3, -0.25) is 0 Å². The summed E-state index contributed by atoms with van der Waals surface area (Å²) < 4.78 is 0. The number of hydrogen-bond donors (Lipinski definition) is 1. The van der Waals surface area contributed by atoms with Crippen LogP contribution in [0.5, 0.6) is 0 Å². The average molecular weight is 281 g/mol. The zero-order chi connectivity index (χ0) is 14.8. The largest absolute Gasteiger partial charge is 0.311 e. The van der Waals surface area contributed by atoms with Gasteiger partial charge in [0.25, 0.3) is 0 Å². The lowest BCUT2D eigenvalue weighted by Crippen LogP contribution is -2.50. The summed E-state index contributed by atoms with van der Waals surface area (Å²) in [6, 6.07) is 0.781. The minimum atomic E-state index is 0.241. The molecule has 1 atom stereocenters. The Kier molecular flexibility index (Phi) is 5.18. The van der Waals surface area contributed by atoms with Crippen molar-refractivity contribution >= 4 is 0 Å². The summed E-state index contributed by atoms with van der Waals surface area (Å²) in [5.41, 5.74) is 0.758. The monoisotopic (exact) mass is 280 g/mol. The zero-order valence-electron chi connectivity index (χ0n) is 14.5. The van der Waals surface area contributed by atoms with Crippen LogP contribution in [0, 0.1) is 11.3 Å². The van der Waals surface area contributed by atoms with Gasteiger partial charge < -0.3 is 10.2 Å². The van der Waals surface area contributed by atoms with Gasteiger partial charge in [-0.1, -0.05) is 19.3 Å². The third-order valence-electron chi connectivity index (χ3n) is 5.49. The second-order valence-corrected chi connectivity index (χ2v) is 8.66. The second kappa shape index (κ2) is 6.36. The van der Waals surface area contributed by atoms with Gasteiger partial charge in [0.05, 0.1) is 0 Å². The van der Waals surface area contributed by atoms with Crippen molar-refractivity contribution in [3.05, 3.63) is 0 Å². The SMILES string of the molecule is CC(C1CC1)N(C)CC1(CNC(C)(C)C)CCCCC1. The van der Waals surface area contributed by atoms with E-state index in [1.807, 2.05) is 0 Å². The van der Waals surface area contributed by atoms with Crippen LogP contribution in [-0.2, 0) is 0 Å². The summed E-state index contributed by atoms with van der Waals surface area (Å²) in [6.07, 6.45) is 10.0. The van der Waals surface area contributed by atoms with Crippen LogP contribution in [0.2, 0.25) is 0 Å². The highest BCUT2D eigenvalue weighted by Crippen LogP contribution is 2.40. The van der Waals surface area contributed by atoms with Gasteiger partial charge in [-0.15, -0.1) is 0 Å². The van der Waals surface area contributed by atoms with E-state index in [-0.39, 0.29) is 5.54 Å². The van der Waals surface area contributed by atoms with Crippen molar-refractivity contribution in [2.24, 2.45) is 11.3 Å². The van der Waals surface area contributed by atoms with Crippen LogP contribution in [0.3, 0.4) is 0 Å². The van der Waals surface area contributed by atoms with E-state index in [9.17, 15) is 0 Å². The first-order chi connectivity index (χ1) is 9.31. The molecule has 2 nitrogen and oxygen atoms in total. The molecule has 0 saturated heterocycles. The lowest BCUT2D eigenvalue weighted by atomic mass is 9.73. The number of nitrogens with one attached hydrogen (secondary N) is 1. The van der Waals surface area contributed by atoms with Gasteiger partial charge >= 0.3 is 0 Å². The van der Waals surface area contributed by atoms with Crippen LogP contribution in [0.15, 0.2) is 0 Å². The standard InChI is InChI=1S/C18H36N2/c1-15(16-9-10-16)20(5)14-18(11-7-6-8-12-18)13-19-17(2,3)4/h15-16,19H,6-14H2,1-5H3. The minimum Gasteiger partial charge on any atom is -0.311 e. The molecule has 2 aliphatic rings. The molecule has 1 unspecified atom stereocenters. The third-order valence-corrected chi connectivity index (χ3v) is 5.49. The van der Waals surface area contributed by atoms with Crippen molar-refractivity contribution in [1.29, 1.82) is 0 Å². The highest BCUT2D eigenvalue weighted by molar-refractivity contribution is 4.92. The Balaban J connectivity index is 1.94. The zero-order valence-corrected chi connectivity index (χ0v) is 14.5. The molecule has 0 aliphatic heterocycles. The molecule has 1 N–H and O–H groups in total. The Morgan fingerprint density at radius 2 is 1.75 bits per heavy atom. The van der Waals surface area contributed by atoms with Gasteiger partial charge in [0.15, 0.2) is 0 Å². The van der Waals surface area contributed by atoms with E-state index in [4.69, 9.17) is 0 Å². The molecule has 0 spiro atoms. The van der Waals surface area contributed by atoms with Crippen molar-refractivity contribution in [3.63, 3.8) is 0 Å². The molecule has 20 heavy (non-hydrogen) atoms. The predicted molar refractivity (Wildman–Crippen MR) is 88.1 cm³/mol. The van der Waals surface area contributed by atoms with Crippen molar-refractivity contribution < 1.29 is 0 Å². The van der Waals surface area contributed by atoms with Gasteiger partial charge in [-0.2, -0.15) is 0 Å². The Labute approximate surface area is 126 Å². The first-order valence-electron chi connectivity index (χ1n) is 8.77. The summed E-state index contributed by atoms with van der Waals surface area (Å²) in [4.78, 5) is 2.66. The molecule has 0 amide bonds. The second-order valence-electron chi connectivity index (χ2n) is 8.66. The van der Waals surface area contributed by atoms with Crippen LogP contribution in [0.25, 0.3) is 0 Å². The molecule has 2 fully saturated rings. The van der Waals surface area contributed by atoms with Gasteiger partial charge in [-0.25, -0.2) is 0 Å². The number of nitrogens with zero attached hydrogens (tertiary/aromatic N) is 1. The van der Waals surface area contributed by atoms with Gasteiger partial charge in [0, 0.05) is 24.7 Å². The normalized spacial score (nSPS) is 24.9. The molecular weight excluding hydrogens is 244 g/mol. The lowest BCUT2D eigenvalue weighted by Gasteiger charge is -2.43. The van der Waals surface area contributed by atoms with Crippen molar-refractivity contribution in [1.82, 2.24) is 10.2 Å². The molecule has 0 bridgehead atoms. The maximum Gasteiger partial charge on any atom is 0.00967 e. The molecule has 0 radical (unpaired) electrons. The van der Waals surface area contributed by atoms with Gasteiger partial charge in [-0.05, 0) is 71.8 Å². The molecule has 0 aromatic heterocycles. The molecule has 2 heteroatoms. The van der Waals surface area contributed by atoms with E-state index in [1.165, 1.54) is 58.0 Å². The van der Waals surface area contributed by atoms with Crippen LogP contribution >= 0.6 is 0 Å². The predicted octanol–water partition coefficient (Wildman–Crippen LogP) is 4.06. The first-order valence-corrected chi connectivity index (χ1v) is 8.77. The highest BCUT2D eigenvalue weighted by Gasteiger charge is 2.37. The fourth-order valence-corrected chi connectivity index (χ4v) is 3.76. The van der Waals surface area contributed by atoms with Crippen molar-refractivity contribution in [2.75, 3.05) is 20.1 Å². The maximum absolute atomic E-state index is 3.79. The Morgan fingerprint density at radius 3 is 2.25 bits per heavy atom. The molecule has 2 aliphatic carbocycles. The Bertz CT molecular complexity index is 295. The molecule has 0 aromatic carbocycles. The van der Waals surface area contributed by atoms with E-state index in [0.717, 1.165) is 12.0 Å². The third kappa shape index (κ3) is 4.73. The molecular formula is C18H36N2. The van der Waals surface area contributed by atoms with Crippen LogP contribution in [0.1, 0.15) is 72.6 Å². The summed E-state index contributed by atoms with van der Waals surface area (Å²) in [7, 11) is 2.36. The Hall–Kier alpha value is -0.0800. The van der Waals surface area contributed by atoms with Crippen molar-refractivity contribution in [3.8, 4) is 0 Å². The fourth-order valence-electron chi connectivity index (χ4n) is 3.76. The molecule has 2 rings (SSSR count). The lowest BCUT2D eigenvalue weighted by molar-refractivity contribution is 0.0847. The summed E-state index contributed by atoms with van der Waals surface area (Å²) in [5, 5.41) is 3.79. The molecule has 0 aromatic rings. The summed E-state index contributed by atoms with van der Waals surface area (Å²) in [6.45, 7) is 11.8. The van der Waals surface area contributed by atoms with Gasteiger partial charge in [0.1, 0.15) is 0 Å². The smallest absolute Gasteiger partial charge is 0.00967 e. The quantitative estimate of drug-likeness (QED) is 0.789. The van der Waals surface area contributed by atoms with E-state index in [0.29, 0.717) is 5.41 Å². The molecule has 118 valence electrons. The summed E-state index contributed by atoms with van der Waals surface area (Å²) >= 11 is 0.